The van der Waals surface area contributed by atoms with Crippen molar-refractivity contribution in [3.63, 3.8) is 0 Å². The third-order valence-corrected chi connectivity index (χ3v) is 2.83. The largest absolute Gasteiger partial charge is 0.365 e. The molecule has 3 N–H and O–H groups in total. The van der Waals surface area contributed by atoms with Crippen molar-refractivity contribution in [2.24, 2.45) is 0 Å². The molecule has 20 heavy (non-hydrogen) atoms. The number of hydrogen-bond acceptors (Lipinski definition) is 6. The number of aromatic nitrogens is 5. The second-order valence-electron chi connectivity index (χ2n) is 4.27. The van der Waals surface area contributed by atoms with E-state index < -0.39 is 0 Å². The molecule has 7 nitrogen and oxygen atoms in total. The van der Waals surface area contributed by atoms with Gasteiger partial charge in [-0.25, -0.2) is 0 Å². The zero-order valence-electron chi connectivity index (χ0n) is 11.1. The van der Waals surface area contributed by atoms with Crippen LogP contribution in [-0.2, 0) is 6.54 Å². The molecule has 0 aliphatic heterocycles. The normalized spacial score (nSPS) is 10.7. The lowest BCUT2D eigenvalue weighted by Gasteiger charge is -2.08. The molecule has 3 aromatic heterocycles. The molecule has 0 atom stereocenters. The van der Waals surface area contributed by atoms with Gasteiger partial charge in [-0.2, -0.15) is 15.1 Å². The van der Waals surface area contributed by atoms with Gasteiger partial charge in [0.15, 0.2) is 5.65 Å². The van der Waals surface area contributed by atoms with Crippen molar-refractivity contribution in [1.82, 2.24) is 25.1 Å². The van der Waals surface area contributed by atoms with E-state index in [-0.39, 0.29) is 0 Å². The Bertz CT molecular complexity index is 692. The van der Waals surface area contributed by atoms with E-state index in [9.17, 15) is 0 Å². The summed E-state index contributed by atoms with van der Waals surface area (Å²) in [4.78, 5) is 12.9. The average Bonchev–Trinajstić information content (AvgIpc) is 2.95. The minimum absolute atomic E-state index is 0.581. The fraction of sp³-hybridized carbons (Fsp3) is 0.231. The Kier molecular flexibility index (Phi) is 3.40. The van der Waals surface area contributed by atoms with Crippen LogP contribution in [0.15, 0.2) is 30.7 Å². The van der Waals surface area contributed by atoms with E-state index in [1.54, 1.807) is 12.4 Å². The van der Waals surface area contributed by atoms with Crippen LogP contribution in [0.3, 0.4) is 0 Å². The first kappa shape index (κ1) is 12.3. The molecular weight excluding hydrogens is 254 g/mol. The van der Waals surface area contributed by atoms with Crippen LogP contribution >= 0.6 is 0 Å². The third-order valence-electron chi connectivity index (χ3n) is 2.83. The molecule has 0 aliphatic rings. The summed E-state index contributed by atoms with van der Waals surface area (Å²) in [6.45, 7) is 3.42. The van der Waals surface area contributed by atoms with Gasteiger partial charge in [0, 0.05) is 25.5 Å². The molecule has 0 aliphatic carbocycles. The van der Waals surface area contributed by atoms with E-state index in [1.165, 1.54) is 0 Å². The third kappa shape index (κ3) is 2.51. The fourth-order valence-electron chi connectivity index (χ4n) is 1.90. The van der Waals surface area contributed by atoms with E-state index in [2.05, 4.69) is 35.8 Å². The Morgan fingerprint density at radius 2 is 2.15 bits per heavy atom. The van der Waals surface area contributed by atoms with Gasteiger partial charge in [-0.15, -0.1) is 0 Å². The highest BCUT2D eigenvalue weighted by Gasteiger charge is 2.08. The van der Waals surface area contributed by atoms with Crippen molar-refractivity contribution >= 4 is 22.8 Å². The summed E-state index contributed by atoms with van der Waals surface area (Å²) in [5.74, 6) is 1.33. The average molecular weight is 269 g/mol. The maximum atomic E-state index is 4.46. The first-order valence-electron chi connectivity index (χ1n) is 6.44. The van der Waals surface area contributed by atoms with E-state index >= 15 is 0 Å². The number of hydrogen-bond donors (Lipinski definition) is 3. The summed E-state index contributed by atoms with van der Waals surface area (Å²) < 4.78 is 0. The number of nitrogens with zero attached hydrogens (tertiary/aromatic N) is 4. The number of aromatic amines is 1. The van der Waals surface area contributed by atoms with Crippen LogP contribution in [0.1, 0.15) is 12.5 Å². The van der Waals surface area contributed by atoms with Gasteiger partial charge in [0.1, 0.15) is 5.82 Å². The summed E-state index contributed by atoms with van der Waals surface area (Å²) >= 11 is 0. The maximum Gasteiger partial charge on any atom is 0.226 e. The predicted molar refractivity (Wildman–Crippen MR) is 77.4 cm³/mol. The molecule has 102 valence electrons. The molecule has 0 aromatic carbocycles. The highest BCUT2D eigenvalue weighted by molar-refractivity contribution is 5.86. The number of fused-ring (bicyclic) bond motifs is 1. The zero-order chi connectivity index (χ0) is 13.8. The van der Waals surface area contributed by atoms with Gasteiger partial charge in [0.25, 0.3) is 0 Å². The van der Waals surface area contributed by atoms with Crippen molar-refractivity contribution < 1.29 is 0 Å². The minimum Gasteiger partial charge on any atom is -0.365 e. The molecule has 0 unspecified atom stereocenters. The van der Waals surface area contributed by atoms with Crippen LogP contribution in [0.25, 0.3) is 11.0 Å². The molecule has 3 heterocycles. The zero-order valence-corrected chi connectivity index (χ0v) is 11.1. The van der Waals surface area contributed by atoms with Gasteiger partial charge < -0.3 is 10.6 Å². The Balaban J connectivity index is 1.87. The van der Waals surface area contributed by atoms with Crippen molar-refractivity contribution in [2.75, 3.05) is 17.2 Å². The molecule has 0 saturated carbocycles. The van der Waals surface area contributed by atoms with Gasteiger partial charge >= 0.3 is 0 Å². The van der Waals surface area contributed by atoms with Crippen LogP contribution < -0.4 is 10.6 Å². The highest BCUT2D eigenvalue weighted by Crippen LogP contribution is 2.20. The SMILES string of the molecule is CCNc1nc(NCc2cccnc2)c2cn[nH]c2n1. The predicted octanol–water partition coefficient (Wildman–Crippen LogP) is 1.79. The van der Waals surface area contributed by atoms with Crippen LogP contribution in [0.5, 0.6) is 0 Å². The molecule has 0 bridgehead atoms. The quantitative estimate of drug-likeness (QED) is 0.654. The highest BCUT2D eigenvalue weighted by atomic mass is 15.2. The van der Waals surface area contributed by atoms with Crippen LogP contribution in [0.2, 0.25) is 0 Å². The number of nitrogens with one attached hydrogen (secondary N) is 3. The Morgan fingerprint density at radius 3 is 2.95 bits per heavy atom. The van der Waals surface area contributed by atoms with E-state index in [1.807, 2.05) is 25.3 Å². The Labute approximate surface area is 115 Å². The smallest absolute Gasteiger partial charge is 0.226 e. The van der Waals surface area contributed by atoms with Crippen molar-refractivity contribution in [2.45, 2.75) is 13.5 Å². The second kappa shape index (κ2) is 5.52. The molecule has 0 saturated heterocycles. The van der Waals surface area contributed by atoms with Crippen molar-refractivity contribution in [1.29, 1.82) is 0 Å². The van der Waals surface area contributed by atoms with Gasteiger partial charge in [0.05, 0.1) is 11.6 Å². The number of rotatable bonds is 5. The summed E-state index contributed by atoms with van der Waals surface area (Å²) in [7, 11) is 0. The lowest BCUT2D eigenvalue weighted by molar-refractivity contribution is 1.05. The summed E-state index contributed by atoms with van der Waals surface area (Å²) in [6, 6.07) is 3.92. The maximum absolute atomic E-state index is 4.46. The van der Waals surface area contributed by atoms with Gasteiger partial charge in [0.2, 0.25) is 5.95 Å². The molecule has 0 spiro atoms. The Morgan fingerprint density at radius 1 is 1.20 bits per heavy atom. The van der Waals surface area contributed by atoms with Crippen molar-refractivity contribution in [3.8, 4) is 0 Å². The molecule has 7 heteroatoms. The van der Waals surface area contributed by atoms with E-state index in [0.29, 0.717) is 18.1 Å². The van der Waals surface area contributed by atoms with Gasteiger partial charge in [-0.3, -0.25) is 10.1 Å². The van der Waals surface area contributed by atoms with Gasteiger partial charge in [-0.05, 0) is 18.6 Å². The minimum atomic E-state index is 0.581. The van der Waals surface area contributed by atoms with Gasteiger partial charge in [-0.1, -0.05) is 6.07 Å². The molecule has 3 rings (SSSR count). The Hall–Kier alpha value is -2.70. The lowest BCUT2D eigenvalue weighted by Crippen LogP contribution is -2.07. The molecule has 0 fully saturated rings. The molecule has 0 amide bonds. The summed E-state index contributed by atoms with van der Waals surface area (Å²) in [6.07, 6.45) is 5.30. The topological polar surface area (TPSA) is 91.4 Å². The van der Waals surface area contributed by atoms with Crippen LogP contribution in [0, 0.1) is 0 Å². The monoisotopic (exact) mass is 269 g/mol. The van der Waals surface area contributed by atoms with Crippen LogP contribution in [0.4, 0.5) is 11.8 Å². The van der Waals surface area contributed by atoms with Crippen molar-refractivity contribution in [3.05, 3.63) is 36.3 Å². The number of anilines is 2. The van der Waals surface area contributed by atoms with E-state index in [4.69, 9.17) is 0 Å². The molecule has 0 radical (unpaired) electrons. The first-order valence-corrected chi connectivity index (χ1v) is 6.44. The lowest BCUT2D eigenvalue weighted by atomic mass is 10.3. The summed E-state index contributed by atoms with van der Waals surface area (Å²) in [5.41, 5.74) is 1.80. The standard InChI is InChI=1S/C13H15N7/c1-2-15-13-18-11(10-8-17-20-12(10)19-13)16-7-9-4-3-5-14-6-9/h3-6,8H,2,7H2,1H3,(H3,15,16,17,18,19,20). The summed E-state index contributed by atoms with van der Waals surface area (Å²) in [5, 5.41) is 14.1. The molecular formula is C13H15N7. The number of H-pyrrole nitrogens is 1. The first-order chi connectivity index (χ1) is 9.86. The molecule has 3 aromatic rings. The van der Waals surface area contributed by atoms with E-state index in [0.717, 1.165) is 23.3 Å². The van der Waals surface area contributed by atoms with Crippen LogP contribution in [-0.4, -0.2) is 31.7 Å². The second-order valence-corrected chi connectivity index (χ2v) is 4.27. The fourth-order valence-corrected chi connectivity index (χ4v) is 1.90. The number of pyridine rings is 1.